The Bertz CT molecular complexity index is 1200. The summed E-state index contributed by atoms with van der Waals surface area (Å²) in [5.74, 6) is -0.996. The molecule has 1 saturated heterocycles. The summed E-state index contributed by atoms with van der Waals surface area (Å²) in [6.07, 6.45) is -4.72. The molecule has 0 aliphatic carbocycles. The van der Waals surface area contributed by atoms with Crippen molar-refractivity contribution in [2.45, 2.75) is 58.4 Å². The maximum atomic E-state index is 12.7. The molecule has 1 aliphatic rings. The summed E-state index contributed by atoms with van der Waals surface area (Å²) in [6, 6.07) is 14.9. The number of carbonyl (C=O) groups excluding carboxylic acids is 2. The minimum Gasteiger partial charge on any atom is -0.479 e. The zero-order valence-corrected chi connectivity index (χ0v) is 25.3. The second-order valence-corrected chi connectivity index (χ2v) is 11.1. The van der Waals surface area contributed by atoms with Crippen LogP contribution in [0.15, 0.2) is 48.5 Å². The molecule has 13 heteroatoms. The lowest BCUT2D eigenvalue weighted by Crippen LogP contribution is -2.58. The van der Waals surface area contributed by atoms with Gasteiger partial charge in [0.1, 0.15) is 18.5 Å². The molecule has 1 fully saturated rings. The van der Waals surface area contributed by atoms with Crippen molar-refractivity contribution in [3.05, 3.63) is 59.7 Å². The quantitative estimate of drug-likeness (QED) is 0.171. The lowest BCUT2D eigenvalue weighted by molar-refractivity contribution is -0.266. The van der Waals surface area contributed by atoms with E-state index in [2.05, 4.69) is 17.4 Å². The highest BCUT2D eigenvalue weighted by Gasteiger charge is 2.48. The van der Waals surface area contributed by atoms with Crippen molar-refractivity contribution in [3.63, 3.8) is 0 Å². The number of amides is 2. The van der Waals surface area contributed by atoms with Crippen LogP contribution in [0.1, 0.15) is 31.9 Å². The fourth-order valence-electron chi connectivity index (χ4n) is 4.44. The van der Waals surface area contributed by atoms with Crippen LogP contribution in [0.4, 0.5) is 10.5 Å². The summed E-state index contributed by atoms with van der Waals surface area (Å²) < 4.78 is 22.7. The van der Waals surface area contributed by atoms with Crippen LogP contribution in [0.25, 0.3) is 0 Å². The SMILES string of the molecule is CCN(CSCCc1ccccc1)C(=O)OCc1ccc(OC2OC(C(=O)O)C(O)[C@@H](C)C2OCCO)c(NC(C)=O)c1. The molecule has 1 heterocycles. The molecule has 5 atom stereocenters. The smallest absolute Gasteiger partial charge is 0.410 e. The summed E-state index contributed by atoms with van der Waals surface area (Å²) in [7, 11) is 0. The summed E-state index contributed by atoms with van der Waals surface area (Å²) in [5.41, 5.74) is 2.04. The van der Waals surface area contributed by atoms with E-state index >= 15 is 0 Å². The van der Waals surface area contributed by atoms with Crippen molar-refractivity contribution in [1.82, 2.24) is 4.90 Å². The van der Waals surface area contributed by atoms with Crippen LogP contribution >= 0.6 is 11.8 Å². The van der Waals surface area contributed by atoms with Crippen LogP contribution in [0.5, 0.6) is 5.75 Å². The molecule has 236 valence electrons. The molecule has 43 heavy (non-hydrogen) atoms. The molecule has 4 N–H and O–H groups in total. The molecule has 2 amide bonds. The number of carboxylic acids is 1. The third-order valence-corrected chi connectivity index (χ3v) is 7.77. The number of nitrogens with zero attached hydrogens (tertiary/aromatic N) is 1. The first kappa shape index (κ1) is 34.1. The van der Waals surface area contributed by atoms with E-state index in [9.17, 15) is 29.7 Å². The highest BCUT2D eigenvalue weighted by molar-refractivity contribution is 7.99. The van der Waals surface area contributed by atoms with Crippen molar-refractivity contribution in [1.29, 1.82) is 0 Å². The Kier molecular flexibility index (Phi) is 13.5. The van der Waals surface area contributed by atoms with Gasteiger partial charge in [0.25, 0.3) is 0 Å². The number of anilines is 1. The Hall–Kier alpha value is -3.36. The molecule has 12 nitrogen and oxygen atoms in total. The molecule has 4 unspecified atom stereocenters. The third kappa shape index (κ3) is 10.1. The van der Waals surface area contributed by atoms with Gasteiger partial charge in [-0.25, -0.2) is 9.59 Å². The lowest BCUT2D eigenvalue weighted by atomic mass is 9.90. The molecule has 0 spiro atoms. The van der Waals surface area contributed by atoms with Gasteiger partial charge in [-0.3, -0.25) is 9.69 Å². The lowest BCUT2D eigenvalue weighted by Gasteiger charge is -2.41. The van der Waals surface area contributed by atoms with Gasteiger partial charge in [0, 0.05) is 19.4 Å². The number of aliphatic hydroxyl groups is 2. The number of benzene rings is 2. The zero-order chi connectivity index (χ0) is 31.4. The minimum atomic E-state index is -1.57. The van der Waals surface area contributed by atoms with Crippen LogP contribution in [0.2, 0.25) is 0 Å². The van der Waals surface area contributed by atoms with E-state index in [1.54, 1.807) is 35.7 Å². The largest absolute Gasteiger partial charge is 0.479 e. The Morgan fingerprint density at radius 1 is 1.12 bits per heavy atom. The highest BCUT2D eigenvalue weighted by Crippen LogP contribution is 2.34. The van der Waals surface area contributed by atoms with Gasteiger partial charge in [0.15, 0.2) is 6.10 Å². The molecule has 0 saturated carbocycles. The molecule has 0 bridgehead atoms. The van der Waals surface area contributed by atoms with Crippen molar-refractivity contribution >= 4 is 35.4 Å². The van der Waals surface area contributed by atoms with E-state index in [0.29, 0.717) is 18.0 Å². The standard InChI is InChI=1S/C30H40N2O10S/c1-4-32(18-43-15-12-21-8-6-5-7-9-21)30(38)40-17-22-10-11-24(23(16-22)31-20(3)34)41-29-26(39-14-13-33)19(2)25(35)27(42-29)28(36)37/h5-11,16,19,25-27,29,33,35H,4,12-15,17-18H2,1-3H3,(H,31,34)(H,36,37)/t19-,25?,26?,27?,29?/m1/s1. The third-order valence-electron chi connectivity index (χ3n) is 6.79. The number of aliphatic carboxylic acids is 1. The molecular formula is C30H40N2O10S. The van der Waals surface area contributed by atoms with E-state index in [-0.39, 0.29) is 31.3 Å². The van der Waals surface area contributed by atoms with Gasteiger partial charge >= 0.3 is 12.1 Å². The van der Waals surface area contributed by atoms with Crippen LogP contribution in [-0.4, -0.2) is 94.2 Å². The molecule has 0 radical (unpaired) electrons. The zero-order valence-electron chi connectivity index (χ0n) is 24.5. The fourth-order valence-corrected chi connectivity index (χ4v) is 5.46. The van der Waals surface area contributed by atoms with Crippen LogP contribution in [-0.2, 0) is 36.8 Å². The molecule has 1 aliphatic heterocycles. The molecule has 2 aromatic rings. The fraction of sp³-hybridized carbons (Fsp3) is 0.500. The first-order valence-electron chi connectivity index (χ1n) is 14.0. The minimum absolute atomic E-state index is 0.0661. The Morgan fingerprint density at radius 2 is 1.86 bits per heavy atom. The second-order valence-electron chi connectivity index (χ2n) is 9.99. The maximum absolute atomic E-state index is 12.7. The normalized spacial score (nSPS) is 21.6. The van der Waals surface area contributed by atoms with Gasteiger partial charge in [-0.05, 0) is 42.4 Å². The van der Waals surface area contributed by atoms with Crippen LogP contribution in [0, 0.1) is 5.92 Å². The average molecular weight is 621 g/mol. The summed E-state index contributed by atoms with van der Waals surface area (Å²) in [6.45, 7) is 4.80. The van der Waals surface area contributed by atoms with E-state index in [0.717, 1.165) is 12.2 Å². The number of hydrogen-bond acceptors (Lipinski definition) is 10. The summed E-state index contributed by atoms with van der Waals surface area (Å²) >= 11 is 1.64. The van der Waals surface area contributed by atoms with Gasteiger partial charge in [0.2, 0.25) is 12.2 Å². The number of aliphatic hydroxyl groups excluding tert-OH is 2. The summed E-state index contributed by atoms with van der Waals surface area (Å²) in [5, 5.41) is 31.8. The number of carbonyl (C=O) groups is 3. The number of hydrogen-bond donors (Lipinski definition) is 4. The van der Waals surface area contributed by atoms with Gasteiger partial charge < -0.3 is 39.6 Å². The number of thioether (sulfide) groups is 1. The Morgan fingerprint density at radius 3 is 2.51 bits per heavy atom. The van der Waals surface area contributed by atoms with Gasteiger partial charge in [-0.1, -0.05) is 43.3 Å². The monoisotopic (exact) mass is 620 g/mol. The number of carboxylic acid groups (broad SMARTS) is 1. The average Bonchev–Trinajstić information content (AvgIpc) is 2.98. The van der Waals surface area contributed by atoms with Crippen molar-refractivity contribution in [3.8, 4) is 5.75 Å². The highest BCUT2D eigenvalue weighted by atomic mass is 32.2. The van der Waals surface area contributed by atoms with Crippen LogP contribution < -0.4 is 10.1 Å². The van der Waals surface area contributed by atoms with Crippen molar-refractivity contribution in [2.75, 3.05) is 36.7 Å². The summed E-state index contributed by atoms with van der Waals surface area (Å²) in [4.78, 5) is 38.0. The molecule has 2 aromatic carbocycles. The number of ether oxygens (including phenoxy) is 4. The van der Waals surface area contributed by atoms with E-state index in [1.807, 2.05) is 25.1 Å². The second kappa shape index (κ2) is 17.1. The van der Waals surface area contributed by atoms with E-state index < -0.39 is 48.5 Å². The van der Waals surface area contributed by atoms with Gasteiger partial charge in [-0.2, -0.15) is 0 Å². The number of rotatable bonds is 15. The predicted octanol–water partition coefficient (Wildman–Crippen LogP) is 3.10. The predicted molar refractivity (Wildman–Crippen MR) is 160 cm³/mol. The van der Waals surface area contributed by atoms with Crippen LogP contribution in [0.3, 0.4) is 0 Å². The Labute approximate surface area is 255 Å². The van der Waals surface area contributed by atoms with Gasteiger partial charge in [-0.15, -0.1) is 11.8 Å². The van der Waals surface area contributed by atoms with Crippen molar-refractivity contribution in [2.24, 2.45) is 5.92 Å². The molecular weight excluding hydrogens is 580 g/mol. The Balaban J connectivity index is 1.66. The van der Waals surface area contributed by atoms with E-state index in [4.69, 9.17) is 18.9 Å². The van der Waals surface area contributed by atoms with E-state index in [1.165, 1.54) is 18.6 Å². The number of aryl methyl sites for hydroxylation is 1. The maximum Gasteiger partial charge on any atom is 0.410 e. The van der Waals surface area contributed by atoms with Gasteiger partial charge in [0.05, 0.1) is 30.9 Å². The first-order valence-corrected chi connectivity index (χ1v) is 15.2. The topological polar surface area (TPSA) is 164 Å². The molecule has 3 rings (SSSR count). The molecule has 0 aromatic heterocycles. The first-order chi connectivity index (χ1) is 20.6. The number of nitrogens with one attached hydrogen (secondary N) is 1. The van der Waals surface area contributed by atoms with Crippen molar-refractivity contribution < 1.29 is 48.7 Å².